The van der Waals surface area contributed by atoms with E-state index in [1.807, 2.05) is 55.4 Å². The van der Waals surface area contributed by atoms with Gasteiger partial charge in [0.05, 0.1) is 33.0 Å². The minimum Gasteiger partial charge on any atom is -0.511 e. The average Bonchev–Trinajstić information content (AvgIpc) is 4.12. The summed E-state index contributed by atoms with van der Waals surface area (Å²) in [5.74, 6) is -11.7. The Hall–Kier alpha value is -4.59. The first kappa shape index (κ1) is 63.0. The summed E-state index contributed by atoms with van der Waals surface area (Å²) >= 11 is 0. The lowest BCUT2D eigenvalue weighted by Crippen LogP contribution is -2.53. The molecule has 6 fully saturated rings. The van der Waals surface area contributed by atoms with Crippen LogP contribution < -0.4 is 0 Å². The fraction of sp³-hybridized carbons (Fsp3) is 0.758. The topological polar surface area (TPSA) is 336 Å². The maximum absolute atomic E-state index is 13.1. The molecule has 9 N–H and O–H groups in total. The molecule has 13 atom stereocenters. The molecule has 0 aromatic carbocycles. The van der Waals surface area contributed by atoms with Gasteiger partial charge in [0.25, 0.3) is 0 Å². The molecule has 6 saturated carbocycles. The summed E-state index contributed by atoms with van der Waals surface area (Å²) in [6, 6.07) is 0. The predicted molar refractivity (Wildman–Crippen MR) is 289 cm³/mol. The van der Waals surface area contributed by atoms with Gasteiger partial charge >= 0.3 is 0 Å². The average molecular weight is 1120 g/mol. The van der Waals surface area contributed by atoms with E-state index in [-0.39, 0.29) is 68.6 Å². The maximum atomic E-state index is 13.1. The molecule has 0 aliphatic heterocycles. The second-order valence-corrected chi connectivity index (χ2v) is 29.7. The molecule has 80 heavy (non-hydrogen) atoms. The molecule has 0 saturated heterocycles. The van der Waals surface area contributed by atoms with Gasteiger partial charge in [-0.2, -0.15) is 0 Å². The van der Waals surface area contributed by atoms with Gasteiger partial charge in [-0.15, -0.1) is 0 Å². The number of Topliss-reactive ketones (excluding diaryl/α,β-unsaturated/α-hetero) is 9. The highest BCUT2D eigenvalue weighted by molar-refractivity contribution is 6.35. The van der Waals surface area contributed by atoms with E-state index in [1.54, 1.807) is 69.2 Å². The molecule has 1 unspecified atom stereocenters. The van der Waals surface area contributed by atoms with Crippen LogP contribution in [0.4, 0.5) is 0 Å². The van der Waals surface area contributed by atoms with Crippen molar-refractivity contribution in [3.8, 4) is 0 Å². The standard InChI is InChI=1S/2C21H30O6.C20H28O6/c1-10(2)7-11(22)15-16(24)20-9-13(19(5,6)26)18(3,4)12(20)8-14(23)21(20,27)17(15)25;1-7-10(2)15(23)14-16(24)20-9-12(19(5,6)26)18(3,4)11(20)8-13(22)21(20,27)17(14)25;1-9(2)14(22)13-15(23)19-8-11(18(5,6)25)17(3,4)10(19)7-12(21)20(19,26)16(13)24/h10,12-13,24,26-27H,7-9H2,1-6H3;10-12,24,26-27H,7-9H2,1-6H3;9-11,23,25-26H,7-8H2,1-6H3/t12-,13-,20+,21+;10?,11-,12-,20+,21+;10-,11-,19+,20+/m000/s1. The third-order valence-corrected chi connectivity index (χ3v) is 22.2. The maximum Gasteiger partial charge on any atom is 0.210 e. The summed E-state index contributed by atoms with van der Waals surface area (Å²) in [6.07, 6.45) is 0.571. The van der Waals surface area contributed by atoms with Crippen molar-refractivity contribution in [1.29, 1.82) is 0 Å². The zero-order valence-electron chi connectivity index (χ0n) is 50.1. The molecule has 444 valence electrons. The van der Waals surface area contributed by atoms with Crippen LogP contribution in [0.1, 0.15) is 176 Å². The number of hydrogen-bond donors (Lipinski definition) is 9. The van der Waals surface area contributed by atoms with Crippen LogP contribution in [0, 0.1) is 85.8 Å². The Morgan fingerprint density at radius 2 is 0.750 bits per heavy atom. The zero-order valence-corrected chi connectivity index (χ0v) is 50.1. The fourth-order valence-electron chi connectivity index (χ4n) is 18.3. The van der Waals surface area contributed by atoms with Gasteiger partial charge in [0.2, 0.25) is 17.3 Å². The lowest BCUT2D eigenvalue weighted by molar-refractivity contribution is -0.155. The number of ketones is 9. The molecule has 0 amide bonds. The number of hydrogen-bond acceptors (Lipinski definition) is 18. The second-order valence-electron chi connectivity index (χ2n) is 29.7. The normalized spacial score (nSPS) is 38.6. The highest BCUT2D eigenvalue weighted by Gasteiger charge is 2.85. The van der Waals surface area contributed by atoms with E-state index in [0.29, 0.717) is 6.42 Å². The number of carbonyl (C=O) groups is 9. The molecule has 0 aromatic rings. The van der Waals surface area contributed by atoms with Crippen LogP contribution in [0.3, 0.4) is 0 Å². The van der Waals surface area contributed by atoms with Crippen molar-refractivity contribution in [2.24, 2.45) is 85.8 Å². The lowest BCUT2D eigenvalue weighted by Gasteiger charge is -2.39. The lowest BCUT2D eigenvalue weighted by atomic mass is 9.67. The van der Waals surface area contributed by atoms with Gasteiger partial charge in [-0.25, -0.2) is 0 Å². The summed E-state index contributed by atoms with van der Waals surface area (Å²) < 4.78 is 0. The SMILES string of the molecule is CC(C)C(=O)C1=C(O)[C@@]23C[C@H](C(C)(C)O)C(C)(C)[C@@H]2CC(=O)[C@@]3(O)C1=O.CC(C)CC(=O)C1=C(O)[C@@]23C[C@H](C(C)(C)O)C(C)(C)[C@@H]2CC(=O)[C@@]3(O)C1=O.CCC(C)C(=O)C1=C(O)[C@@]23C[C@H](C(C)(C)O)C(C)(C)[C@@H]2CC(=O)[C@@]3(O)C1=O. The van der Waals surface area contributed by atoms with Crippen LogP contribution in [-0.4, -0.2) is 132 Å². The molecule has 0 aromatic heterocycles. The van der Waals surface area contributed by atoms with Crippen molar-refractivity contribution in [1.82, 2.24) is 0 Å². The summed E-state index contributed by atoms with van der Waals surface area (Å²) in [5.41, 5.74) is -18.4. The first-order valence-corrected chi connectivity index (χ1v) is 28.5. The molecule has 18 heteroatoms. The molecule has 0 radical (unpaired) electrons. The molecule has 9 aliphatic carbocycles. The van der Waals surface area contributed by atoms with E-state index in [9.17, 15) is 89.1 Å². The highest BCUT2D eigenvalue weighted by Crippen LogP contribution is 2.76. The number of rotatable bonds is 11. The van der Waals surface area contributed by atoms with Crippen molar-refractivity contribution in [3.63, 3.8) is 0 Å². The first-order valence-electron chi connectivity index (χ1n) is 28.5. The Balaban J connectivity index is 0.000000173. The van der Waals surface area contributed by atoms with Gasteiger partial charge in [0, 0.05) is 37.5 Å². The largest absolute Gasteiger partial charge is 0.511 e. The Kier molecular flexibility index (Phi) is 14.5. The number of aliphatic hydroxyl groups is 9. The van der Waals surface area contributed by atoms with Gasteiger partial charge < -0.3 is 46.0 Å². The smallest absolute Gasteiger partial charge is 0.210 e. The molecule has 0 heterocycles. The van der Waals surface area contributed by atoms with Crippen molar-refractivity contribution in [2.45, 2.75) is 210 Å². The number of aliphatic hydroxyl groups excluding tert-OH is 3. The summed E-state index contributed by atoms with van der Waals surface area (Å²) in [5, 5.41) is 99.4. The third kappa shape index (κ3) is 7.58. The number of carbonyl (C=O) groups excluding carboxylic acids is 9. The predicted octanol–water partition coefficient (Wildman–Crippen LogP) is 5.97. The molecule has 9 rings (SSSR count). The zero-order chi connectivity index (χ0) is 61.5. The molecule has 18 nitrogen and oxygen atoms in total. The minimum absolute atomic E-state index is 0.0335. The van der Waals surface area contributed by atoms with E-state index < -0.39 is 182 Å². The van der Waals surface area contributed by atoms with Gasteiger partial charge in [-0.1, -0.05) is 83.1 Å². The Morgan fingerprint density at radius 3 is 1.00 bits per heavy atom. The van der Waals surface area contributed by atoms with Crippen molar-refractivity contribution in [3.05, 3.63) is 34.0 Å². The van der Waals surface area contributed by atoms with Crippen LogP contribution >= 0.6 is 0 Å². The van der Waals surface area contributed by atoms with Crippen molar-refractivity contribution < 1.29 is 89.1 Å². The fourth-order valence-corrected chi connectivity index (χ4v) is 18.3. The molecule has 0 bridgehead atoms. The van der Waals surface area contributed by atoms with Gasteiger partial charge in [-0.3, -0.25) is 43.2 Å². The second kappa shape index (κ2) is 18.5. The Labute approximate surface area is 468 Å². The van der Waals surface area contributed by atoms with Crippen molar-refractivity contribution in [2.75, 3.05) is 0 Å². The Morgan fingerprint density at radius 1 is 0.487 bits per heavy atom. The van der Waals surface area contributed by atoms with Gasteiger partial charge in [-0.05, 0) is 125 Å². The van der Waals surface area contributed by atoms with E-state index in [0.717, 1.165) is 0 Å². The van der Waals surface area contributed by atoms with Crippen LogP contribution in [0.15, 0.2) is 34.0 Å². The van der Waals surface area contributed by atoms with Crippen LogP contribution in [0.2, 0.25) is 0 Å². The highest BCUT2D eigenvalue weighted by atomic mass is 16.3. The van der Waals surface area contributed by atoms with E-state index in [2.05, 4.69) is 0 Å². The summed E-state index contributed by atoms with van der Waals surface area (Å²) in [6.45, 7) is 31.5. The quantitative estimate of drug-likeness (QED) is 0.0850. The molecular weight excluding hydrogens is 1030 g/mol. The van der Waals surface area contributed by atoms with E-state index in [4.69, 9.17) is 0 Å². The molecule has 9 aliphatic rings. The van der Waals surface area contributed by atoms with Gasteiger partial charge in [0.1, 0.15) is 34.0 Å². The Bertz CT molecular complexity index is 2910. The minimum atomic E-state index is -2.42. The molecular formula is C62H88O18. The molecule has 3 spiro atoms. The van der Waals surface area contributed by atoms with E-state index >= 15 is 0 Å². The third-order valence-electron chi connectivity index (χ3n) is 22.2. The van der Waals surface area contributed by atoms with E-state index in [1.165, 1.54) is 0 Å². The summed E-state index contributed by atoms with van der Waals surface area (Å²) in [4.78, 5) is 116. The van der Waals surface area contributed by atoms with Crippen molar-refractivity contribution >= 4 is 52.0 Å². The van der Waals surface area contributed by atoms with Gasteiger partial charge in [0.15, 0.2) is 51.5 Å². The summed E-state index contributed by atoms with van der Waals surface area (Å²) in [7, 11) is 0. The van der Waals surface area contributed by atoms with Crippen LogP contribution in [0.25, 0.3) is 0 Å². The first-order chi connectivity index (χ1) is 36.0. The van der Waals surface area contributed by atoms with Crippen LogP contribution in [-0.2, 0) is 43.2 Å². The monoisotopic (exact) mass is 1120 g/mol. The van der Waals surface area contributed by atoms with Crippen LogP contribution in [0.5, 0.6) is 0 Å².